The lowest BCUT2D eigenvalue weighted by molar-refractivity contribution is 0.00641. The maximum atomic E-state index is 14.8. The first-order valence-corrected chi connectivity index (χ1v) is 13.9. The van der Waals surface area contributed by atoms with E-state index in [4.69, 9.17) is 37.8 Å². The molecule has 6 nitrogen and oxygen atoms in total. The highest BCUT2D eigenvalue weighted by Crippen LogP contribution is 2.43. The van der Waals surface area contributed by atoms with E-state index in [2.05, 4.69) is 4.90 Å². The summed E-state index contributed by atoms with van der Waals surface area (Å²) >= 11 is 12.1. The third kappa shape index (κ3) is 8.64. The number of rotatable bonds is 7. The van der Waals surface area contributed by atoms with Crippen LogP contribution in [0, 0.1) is 11.6 Å². The molecule has 218 valence electrons. The van der Waals surface area contributed by atoms with Gasteiger partial charge in [-0.2, -0.15) is 0 Å². The van der Waals surface area contributed by atoms with Gasteiger partial charge in [-0.05, 0) is 93.1 Å². The highest BCUT2D eigenvalue weighted by atomic mass is 35.5. The van der Waals surface area contributed by atoms with E-state index in [1.807, 2.05) is 0 Å². The van der Waals surface area contributed by atoms with Gasteiger partial charge in [0.1, 0.15) is 29.1 Å². The fourth-order valence-electron chi connectivity index (χ4n) is 4.42. The van der Waals surface area contributed by atoms with Crippen LogP contribution in [0.5, 0.6) is 5.75 Å². The van der Waals surface area contributed by atoms with Gasteiger partial charge in [-0.3, -0.25) is 4.90 Å². The van der Waals surface area contributed by atoms with Crippen molar-refractivity contribution < 1.29 is 33.0 Å². The molecule has 10 heteroatoms. The van der Waals surface area contributed by atoms with Gasteiger partial charge in [0.15, 0.2) is 0 Å². The van der Waals surface area contributed by atoms with Gasteiger partial charge in [0.25, 0.3) is 0 Å². The predicted molar refractivity (Wildman–Crippen MR) is 153 cm³/mol. The second-order valence-electron chi connectivity index (χ2n) is 11.1. The minimum atomic E-state index is -1.24. The molecule has 1 saturated carbocycles. The Morgan fingerprint density at radius 3 is 2.12 bits per heavy atom. The van der Waals surface area contributed by atoms with Crippen LogP contribution in [-0.4, -0.2) is 46.7 Å². The average molecular weight is 606 g/mol. The Morgan fingerprint density at radius 1 is 0.951 bits per heavy atom. The molecule has 1 N–H and O–H groups in total. The van der Waals surface area contributed by atoms with Crippen molar-refractivity contribution in [3.8, 4) is 5.75 Å². The van der Waals surface area contributed by atoms with Crippen LogP contribution < -0.4 is 4.74 Å². The molecule has 1 saturated heterocycles. The number of aromatic carboxylic acids is 1. The number of hydrogen-bond acceptors (Lipinski definition) is 5. The lowest BCUT2D eigenvalue weighted by Gasteiger charge is -2.39. The van der Waals surface area contributed by atoms with Crippen molar-refractivity contribution in [1.82, 2.24) is 4.90 Å². The summed E-state index contributed by atoms with van der Waals surface area (Å²) in [5, 5.41) is 9.40. The molecular weight excluding hydrogens is 575 g/mol. The Bertz CT molecular complexity index is 1410. The Morgan fingerprint density at radius 2 is 1.59 bits per heavy atom. The van der Waals surface area contributed by atoms with Crippen molar-refractivity contribution >= 4 is 35.1 Å². The number of carbonyl (C=O) groups excluding carboxylic acids is 1. The van der Waals surface area contributed by atoms with Gasteiger partial charge >= 0.3 is 11.9 Å². The lowest BCUT2D eigenvalue weighted by Crippen LogP contribution is -2.53. The molecule has 0 spiro atoms. The second kappa shape index (κ2) is 12.8. The van der Waals surface area contributed by atoms with E-state index in [-0.39, 0.29) is 17.2 Å². The Hall–Kier alpha value is -3.20. The van der Waals surface area contributed by atoms with Crippen LogP contribution in [0.3, 0.4) is 0 Å². The number of hydrogen-bond donors (Lipinski definition) is 1. The molecule has 2 fully saturated rings. The van der Waals surface area contributed by atoms with Crippen LogP contribution in [0.2, 0.25) is 10.0 Å². The maximum Gasteiger partial charge on any atom is 0.341 e. The minimum Gasteiger partial charge on any atom is -0.488 e. The molecule has 1 aliphatic carbocycles. The largest absolute Gasteiger partial charge is 0.488 e. The number of carboxylic acid groups (broad SMARTS) is 1. The summed E-state index contributed by atoms with van der Waals surface area (Å²) in [6, 6.07) is 13.6. The summed E-state index contributed by atoms with van der Waals surface area (Å²) in [5.74, 6) is -2.05. The summed E-state index contributed by atoms with van der Waals surface area (Å²) in [7, 11) is 0. The fraction of sp³-hybridized carbons (Fsp3) is 0.355. The van der Waals surface area contributed by atoms with Crippen molar-refractivity contribution in [3.63, 3.8) is 0 Å². The third-order valence-electron chi connectivity index (χ3n) is 6.43. The molecule has 0 atom stereocenters. The fourth-order valence-corrected chi connectivity index (χ4v) is 4.93. The molecule has 0 amide bonds. The second-order valence-corrected chi connectivity index (χ2v) is 12.0. The molecular formula is C31H31Cl2F2NO5. The molecule has 3 aromatic carbocycles. The first-order valence-electron chi connectivity index (χ1n) is 13.2. The zero-order valence-electron chi connectivity index (χ0n) is 22.9. The van der Waals surface area contributed by atoms with Gasteiger partial charge < -0.3 is 14.6 Å². The SMILES string of the molecule is CC(C)(C)OC(=O)c1cc(C2CC2)c(CN2CC(Oc3cc(Cl)cc(Cl)c3)C2)cc1F.O=C(O)c1ccccc1F. The molecule has 0 aromatic heterocycles. The van der Waals surface area contributed by atoms with Gasteiger partial charge in [-0.15, -0.1) is 0 Å². The first-order chi connectivity index (χ1) is 19.3. The third-order valence-corrected chi connectivity index (χ3v) is 6.86. The average Bonchev–Trinajstić information content (AvgIpc) is 3.67. The van der Waals surface area contributed by atoms with E-state index in [9.17, 15) is 18.4 Å². The van der Waals surface area contributed by atoms with Crippen LogP contribution in [0.25, 0.3) is 0 Å². The quantitative estimate of drug-likeness (QED) is 0.277. The van der Waals surface area contributed by atoms with Crippen molar-refractivity contribution in [2.45, 2.75) is 57.8 Å². The summed E-state index contributed by atoms with van der Waals surface area (Å²) in [5.41, 5.74) is 1.04. The lowest BCUT2D eigenvalue weighted by atomic mass is 9.97. The molecule has 0 unspecified atom stereocenters. The van der Waals surface area contributed by atoms with Crippen LogP contribution in [0.1, 0.15) is 71.4 Å². The number of likely N-dealkylation sites (tertiary alicyclic amines) is 1. The number of carbonyl (C=O) groups is 2. The monoisotopic (exact) mass is 605 g/mol. The molecule has 1 aliphatic heterocycles. The van der Waals surface area contributed by atoms with Crippen LogP contribution >= 0.6 is 23.2 Å². The Labute approximate surface area is 247 Å². The molecule has 2 aliphatic rings. The van der Waals surface area contributed by atoms with Crippen molar-refractivity contribution in [3.05, 3.63) is 98.5 Å². The number of halogens is 4. The summed E-state index contributed by atoms with van der Waals surface area (Å²) in [4.78, 5) is 24.8. The van der Waals surface area contributed by atoms with Gasteiger partial charge in [-0.25, -0.2) is 18.4 Å². The zero-order valence-corrected chi connectivity index (χ0v) is 24.4. The topological polar surface area (TPSA) is 76.1 Å². The van der Waals surface area contributed by atoms with Gasteiger partial charge in [0.05, 0.1) is 11.1 Å². The minimum absolute atomic E-state index is 0.0169. The van der Waals surface area contributed by atoms with E-state index in [0.29, 0.717) is 28.3 Å². The molecule has 41 heavy (non-hydrogen) atoms. The van der Waals surface area contributed by atoms with E-state index >= 15 is 0 Å². The van der Waals surface area contributed by atoms with E-state index in [1.54, 1.807) is 45.0 Å². The summed E-state index contributed by atoms with van der Waals surface area (Å²) in [6.07, 6.45) is 2.16. The molecule has 5 rings (SSSR count). The predicted octanol–water partition coefficient (Wildman–Crippen LogP) is 7.75. The van der Waals surface area contributed by atoms with Crippen LogP contribution in [0.4, 0.5) is 8.78 Å². The summed E-state index contributed by atoms with van der Waals surface area (Å²) in [6.45, 7) is 7.40. The van der Waals surface area contributed by atoms with Gasteiger partial charge in [0.2, 0.25) is 0 Å². The van der Waals surface area contributed by atoms with Gasteiger partial charge in [0, 0.05) is 29.7 Å². The van der Waals surface area contributed by atoms with Gasteiger partial charge in [-0.1, -0.05) is 35.3 Å². The van der Waals surface area contributed by atoms with E-state index in [0.717, 1.165) is 43.1 Å². The van der Waals surface area contributed by atoms with E-state index in [1.165, 1.54) is 24.3 Å². The smallest absolute Gasteiger partial charge is 0.341 e. The highest BCUT2D eigenvalue weighted by Gasteiger charge is 2.33. The molecule has 0 radical (unpaired) electrons. The first kappa shape index (κ1) is 30.8. The van der Waals surface area contributed by atoms with Crippen LogP contribution in [-0.2, 0) is 11.3 Å². The Kier molecular flexibility index (Phi) is 9.57. The van der Waals surface area contributed by atoms with E-state index < -0.39 is 29.2 Å². The number of esters is 1. The normalized spacial score (nSPS) is 15.4. The molecule has 1 heterocycles. The molecule has 3 aromatic rings. The maximum absolute atomic E-state index is 14.8. The highest BCUT2D eigenvalue weighted by molar-refractivity contribution is 6.34. The standard InChI is InChI=1S/C24H26Cl2FNO3.C7H5FO2/c1-24(2,3)31-23(29)21-10-20(14-4-5-14)15(6-22(21)27)11-28-12-19(13-28)30-18-8-16(25)7-17(26)9-18;8-6-4-2-1-3-5(6)7(9)10/h6-10,14,19H,4-5,11-13H2,1-3H3;1-4H,(H,9,10). The molecule has 0 bridgehead atoms. The summed E-state index contributed by atoms with van der Waals surface area (Å²) < 4.78 is 38.6. The van der Waals surface area contributed by atoms with Crippen molar-refractivity contribution in [2.75, 3.05) is 13.1 Å². The van der Waals surface area contributed by atoms with Crippen molar-refractivity contribution in [1.29, 1.82) is 0 Å². The van der Waals surface area contributed by atoms with Crippen LogP contribution in [0.15, 0.2) is 54.6 Å². The zero-order chi connectivity index (χ0) is 29.9. The number of nitrogens with zero attached hydrogens (tertiary/aromatic N) is 1. The number of ether oxygens (including phenoxy) is 2. The van der Waals surface area contributed by atoms with Crippen molar-refractivity contribution in [2.24, 2.45) is 0 Å². The number of benzene rings is 3. The number of carboxylic acids is 1. The Balaban J connectivity index is 0.000000328.